The minimum atomic E-state index is 0.377. The van der Waals surface area contributed by atoms with Crippen LogP contribution in [0, 0.1) is 0 Å². The van der Waals surface area contributed by atoms with E-state index in [9.17, 15) is 0 Å². The van der Waals surface area contributed by atoms with Gasteiger partial charge in [0.15, 0.2) is 11.5 Å². The van der Waals surface area contributed by atoms with Crippen molar-refractivity contribution in [1.82, 2.24) is 0 Å². The van der Waals surface area contributed by atoms with Crippen LogP contribution in [0.25, 0.3) is 0 Å². The molecule has 1 atom stereocenters. The van der Waals surface area contributed by atoms with E-state index in [1.807, 2.05) is 19.9 Å². The van der Waals surface area contributed by atoms with Crippen LogP contribution in [0.1, 0.15) is 37.6 Å². The lowest BCUT2D eigenvalue weighted by molar-refractivity contribution is 0.287. The second kappa shape index (κ2) is 6.79. The van der Waals surface area contributed by atoms with Crippen molar-refractivity contribution in [3.63, 3.8) is 0 Å². The molecule has 2 nitrogen and oxygen atoms in total. The zero-order chi connectivity index (χ0) is 12.0. The maximum atomic E-state index is 5.58. The molecule has 0 aromatic heterocycles. The number of hydrogen-bond acceptors (Lipinski definition) is 2. The summed E-state index contributed by atoms with van der Waals surface area (Å²) >= 11 is 3.64. The van der Waals surface area contributed by atoms with Crippen LogP contribution < -0.4 is 9.47 Å². The van der Waals surface area contributed by atoms with Gasteiger partial charge in [0.1, 0.15) is 0 Å². The van der Waals surface area contributed by atoms with Crippen molar-refractivity contribution in [2.75, 3.05) is 13.2 Å². The minimum Gasteiger partial charge on any atom is -0.490 e. The first-order valence-electron chi connectivity index (χ1n) is 5.76. The maximum Gasteiger partial charge on any atom is 0.161 e. The van der Waals surface area contributed by atoms with Crippen LogP contribution >= 0.6 is 15.9 Å². The van der Waals surface area contributed by atoms with Crippen molar-refractivity contribution in [2.24, 2.45) is 0 Å². The second-order valence-electron chi connectivity index (χ2n) is 3.45. The lowest BCUT2D eigenvalue weighted by Crippen LogP contribution is -1.99. The van der Waals surface area contributed by atoms with Crippen LogP contribution in [0.15, 0.2) is 18.2 Å². The molecule has 0 N–H and O–H groups in total. The first-order valence-corrected chi connectivity index (χ1v) is 6.68. The SMILES string of the molecule is CCOc1ccc(C(Br)CC)cc1OCC. The number of ether oxygens (including phenoxy) is 2. The number of alkyl halides is 1. The van der Waals surface area contributed by atoms with Gasteiger partial charge in [-0.1, -0.05) is 28.9 Å². The molecule has 0 saturated heterocycles. The average molecular weight is 287 g/mol. The van der Waals surface area contributed by atoms with E-state index in [4.69, 9.17) is 9.47 Å². The molecule has 0 bridgehead atoms. The predicted octanol–water partition coefficient (Wildman–Crippen LogP) is 4.33. The van der Waals surface area contributed by atoms with Gasteiger partial charge < -0.3 is 9.47 Å². The second-order valence-corrected chi connectivity index (χ2v) is 4.55. The van der Waals surface area contributed by atoms with E-state index < -0.39 is 0 Å². The van der Waals surface area contributed by atoms with Gasteiger partial charge in [0.2, 0.25) is 0 Å². The molecule has 16 heavy (non-hydrogen) atoms. The minimum absolute atomic E-state index is 0.377. The molecule has 3 heteroatoms. The standard InChI is InChI=1S/C13H19BrO2/c1-4-11(14)10-7-8-12(15-5-2)13(9-10)16-6-3/h7-9,11H,4-6H2,1-3H3. The van der Waals surface area contributed by atoms with E-state index in [1.165, 1.54) is 5.56 Å². The summed E-state index contributed by atoms with van der Waals surface area (Å²) in [6, 6.07) is 6.11. The molecule has 0 aliphatic heterocycles. The molecular formula is C13H19BrO2. The summed E-state index contributed by atoms with van der Waals surface area (Å²) in [7, 11) is 0. The first-order chi connectivity index (χ1) is 7.72. The Morgan fingerprint density at radius 1 is 1.06 bits per heavy atom. The third-order valence-electron chi connectivity index (χ3n) is 2.29. The number of rotatable bonds is 6. The van der Waals surface area contributed by atoms with E-state index in [0.29, 0.717) is 18.0 Å². The van der Waals surface area contributed by atoms with Gasteiger partial charge in [-0.2, -0.15) is 0 Å². The van der Waals surface area contributed by atoms with Crippen molar-refractivity contribution in [3.05, 3.63) is 23.8 Å². The highest BCUT2D eigenvalue weighted by molar-refractivity contribution is 9.09. The van der Waals surface area contributed by atoms with Crippen molar-refractivity contribution in [2.45, 2.75) is 32.0 Å². The maximum absolute atomic E-state index is 5.58. The molecule has 0 aliphatic carbocycles. The van der Waals surface area contributed by atoms with Gasteiger partial charge in [-0.3, -0.25) is 0 Å². The summed E-state index contributed by atoms with van der Waals surface area (Å²) in [5.41, 5.74) is 1.23. The summed E-state index contributed by atoms with van der Waals surface area (Å²) < 4.78 is 11.1. The summed E-state index contributed by atoms with van der Waals surface area (Å²) in [4.78, 5) is 0.377. The van der Waals surface area contributed by atoms with Gasteiger partial charge in [-0.15, -0.1) is 0 Å². The van der Waals surface area contributed by atoms with Gasteiger partial charge in [-0.25, -0.2) is 0 Å². The van der Waals surface area contributed by atoms with E-state index in [1.54, 1.807) is 0 Å². The van der Waals surface area contributed by atoms with Crippen LogP contribution in [0.5, 0.6) is 11.5 Å². The Bertz CT molecular complexity index is 326. The zero-order valence-corrected chi connectivity index (χ0v) is 11.7. The van der Waals surface area contributed by atoms with Crippen LogP contribution in [-0.4, -0.2) is 13.2 Å². The fourth-order valence-corrected chi connectivity index (χ4v) is 1.78. The molecule has 0 heterocycles. The molecule has 0 radical (unpaired) electrons. The lowest BCUT2D eigenvalue weighted by Gasteiger charge is -2.14. The fraction of sp³-hybridized carbons (Fsp3) is 0.538. The normalized spacial score (nSPS) is 12.2. The summed E-state index contributed by atoms with van der Waals surface area (Å²) in [6.45, 7) is 7.42. The molecule has 0 fully saturated rings. The number of halogens is 1. The smallest absolute Gasteiger partial charge is 0.161 e. The Hall–Kier alpha value is -0.700. The number of hydrogen-bond donors (Lipinski definition) is 0. The quantitative estimate of drug-likeness (QED) is 0.725. The third kappa shape index (κ3) is 3.41. The van der Waals surface area contributed by atoms with Gasteiger partial charge in [-0.05, 0) is 38.0 Å². The molecule has 1 unspecified atom stereocenters. The van der Waals surface area contributed by atoms with Crippen molar-refractivity contribution in [3.8, 4) is 11.5 Å². The largest absolute Gasteiger partial charge is 0.490 e. The Morgan fingerprint density at radius 2 is 1.69 bits per heavy atom. The molecule has 1 rings (SSSR count). The van der Waals surface area contributed by atoms with E-state index in [0.717, 1.165) is 17.9 Å². The van der Waals surface area contributed by atoms with E-state index in [-0.39, 0.29) is 0 Å². The Kier molecular flexibility index (Phi) is 5.67. The molecular weight excluding hydrogens is 268 g/mol. The predicted molar refractivity (Wildman–Crippen MR) is 70.7 cm³/mol. The Morgan fingerprint density at radius 3 is 2.25 bits per heavy atom. The van der Waals surface area contributed by atoms with Crippen LogP contribution in [0.2, 0.25) is 0 Å². The molecule has 0 spiro atoms. The van der Waals surface area contributed by atoms with Crippen LogP contribution in [-0.2, 0) is 0 Å². The van der Waals surface area contributed by atoms with Gasteiger partial charge in [0.25, 0.3) is 0 Å². The molecule has 0 amide bonds. The summed E-state index contributed by atoms with van der Waals surface area (Å²) in [5, 5.41) is 0. The van der Waals surface area contributed by atoms with Gasteiger partial charge >= 0.3 is 0 Å². The topological polar surface area (TPSA) is 18.5 Å². The number of benzene rings is 1. The van der Waals surface area contributed by atoms with Crippen LogP contribution in [0.4, 0.5) is 0 Å². The third-order valence-corrected chi connectivity index (χ3v) is 3.46. The zero-order valence-electron chi connectivity index (χ0n) is 10.1. The highest BCUT2D eigenvalue weighted by atomic mass is 79.9. The van der Waals surface area contributed by atoms with Gasteiger partial charge in [0.05, 0.1) is 13.2 Å². The highest BCUT2D eigenvalue weighted by Gasteiger charge is 2.10. The van der Waals surface area contributed by atoms with E-state index in [2.05, 4.69) is 35.0 Å². The molecule has 90 valence electrons. The first kappa shape index (κ1) is 13.4. The monoisotopic (exact) mass is 286 g/mol. The molecule has 0 saturated carbocycles. The summed E-state index contributed by atoms with van der Waals surface area (Å²) in [6.07, 6.45) is 1.06. The Balaban J connectivity index is 2.96. The molecule has 1 aromatic carbocycles. The molecule has 0 aliphatic rings. The van der Waals surface area contributed by atoms with Crippen molar-refractivity contribution in [1.29, 1.82) is 0 Å². The lowest BCUT2D eigenvalue weighted by atomic mass is 10.1. The van der Waals surface area contributed by atoms with Crippen LogP contribution in [0.3, 0.4) is 0 Å². The summed E-state index contributed by atoms with van der Waals surface area (Å²) in [5.74, 6) is 1.66. The highest BCUT2D eigenvalue weighted by Crippen LogP contribution is 2.34. The average Bonchev–Trinajstić information content (AvgIpc) is 2.31. The van der Waals surface area contributed by atoms with Crippen molar-refractivity contribution < 1.29 is 9.47 Å². The fourth-order valence-electron chi connectivity index (χ4n) is 1.50. The van der Waals surface area contributed by atoms with Crippen molar-refractivity contribution >= 4 is 15.9 Å². The van der Waals surface area contributed by atoms with Gasteiger partial charge in [0, 0.05) is 4.83 Å². The Labute approximate surface area is 106 Å². The van der Waals surface area contributed by atoms with E-state index >= 15 is 0 Å². The molecule has 1 aromatic rings.